The van der Waals surface area contributed by atoms with Crippen LogP contribution in [-0.4, -0.2) is 18.1 Å². The van der Waals surface area contributed by atoms with Crippen molar-refractivity contribution in [1.29, 1.82) is 0 Å². The molecule has 0 aliphatic heterocycles. The third-order valence-corrected chi connectivity index (χ3v) is 1.55. The highest BCUT2D eigenvalue weighted by Crippen LogP contribution is 2.25. The number of amides is 1. The molecule has 8 heteroatoms. The lowest BCUT2D eigenvalue weighted by molar-refractivity contribution is 0.0995. The first-order valence-electron chi connectivity index (χ1n) is 3.73. The summed E-state index contributed by atoms with van der Waals surface area (Å²) in [6.45, 7) is 0. The van der Waals surface area contributed by atoms with Crippen LogP contribution in [0.2, 0.25) is 0 Å². The zero-order valence-corrected chi connectivity index (χ0v) is 8.02. The first-order valence-corrected chi connectivity index (χ1v) is 3.73. The predicted octanol–water partition coefficient (Wildman–Crippen LogP) is 0.533. The SMILES string of the molecule is CO.NC(=O)c1c(N)c(F)c(F)c(F)c1F. The molecule has 0 unspecified atom stereocenters. The third kappa shape index (κ3) is 2.22. The van der Waals surface area contributed by atoms with Gasteiger partial charge in [0.25, 0.3) is 5.91 Å². The molecule has 4 nitrogen and oxygen atoms in total. The molecule has 0 heterocycles. The van der Waals surface area contributed by atoms with Gasteiger partial charge in [0.2, 0.25) is 0 Å². The summed E-state index contributed by atoms with van der Waals surface area (Å²) in [5, 5.41) is 7.00. The molecule has 16 heavy (non-hydrogen) atoms. The van der Waals surface area contributed by atoms with Gasteiger partial charge in [0.05, 0.1) is 5.69 Å². The molecule has 0 aromatic heterocycles. The summed E-state index contributed by atoms with van der Waals surface area (Å²) in [7, 11) is 1.00. The summed E-state index contributed by atoms with van der Waals surface area (Å²) in [6, 6.07) is 0. The molecule has 1 aromatic rings. The highest BCUT2D eigenvalue weighted by molar-refractivity contribution is 5.98. The Morgan fingerprint density at radius 1 is 1.00 bits per heavy atom. The topological polar surface area (TPSA) is 89.3 Å². The molecule has 1 aromatic carbocycles. The molecule has 0 saturated carbocycles. The number of halogens is 4. The van der Waals surface area contributed by atoms with Crippen LogP contribution in [0.3, 0.4) is 0 Å². The minimum Gasteiger partial charge on any atom is -0.400 e. The van der Waals surface area contributed by atoms with Crippen molar-refractivity contribution in [2.75, 3.05) is 12.8 Å². The van der Waals surface area contributed by atoms with Gasteiger partial charge in [-0.1, -0.05) is 0 Å². The Morgan fingerprint density at radius 2 is 1.38 bits per heavy atom. The van der Waals surface area contributed by atoms with Gasteiger partial charge in [-0.3, -0.25) is 4.79 Å². The standard InChI is InChI=1S/C7H4F4N2O.CH4O/c8-2-1(7(13)14)6(12)5(11)4(10)3(2)9;1-2/h12H2,(H2,13,14);2H,1H3. The van der Waals surface area contributed by atoms with Gasteiger partial charge in [0, 0.05) is 7.11 Å². The number of hydrogen-bond acceptors (Lipinski definition) is 3. The molecule has 0 bridgehead atoms. The lowest BCUT2D eigenvalue weighted by Gasteiger charge is -2.06. The van der Waals surface area contributed by atoms with Crippen molar-refractivity contribution in [3.63, 3.8) is 0 Å². The maximum absolute atomic E-state index is 12.8. The summed E-state index contributed by atoms with van der Waals surface area (Å²) in [5.41, 5.74) is 7.08. The zero-order valence-electron chi connectivity index (χ0n) is 8.02. The van der Waals surface area contributed by atoms with Crippen molar-refractivity contribution < 1.29 is 27.5 Å². The molecule has 90 valence electrons. The zero-order chi connectivity index (χ0) is 13.0. The van der Waals surface area contributed by atoms with Crippen molar-refractivity contribution in [2.45, 2.75) is 0 Å². The van der Waals surface area contributed by atoms with E-state index >= 15 is 0 Å². The Labute approximate surface area is 87.5 Å². The number of hydrogen-bond donors (Lipinski definition) is 3. The second-order valence-electron chi connectivity index (χ2n) is 2.41. The quantitative estimate of drug-likeness (QED) is 0.289. The second kappa shape index (κ2) is 5.31. The van der Waals surface area contributed by atoms with Crippen LogP contribution in [0.5, 0.6) is 0 Å². The lowest BCUT2D eigenvalue weighted by Crippen LogP contribution is -2.19. The van der Waals surface area contributed by atoms with Gasteiger partial charge >= 0.3 is 0 Å². The summed E-state index contributed by atoms with van der Waals surface area (Å²) in [5.74, 6) is -9.40. The number of nitrogen functional groups attached to an aromatic ring is 1. The average molecular weight is 240 g/mol. The van der Waals surface area contributed by atoms with Crippen molar-refractivity contribution in [3.05, 3.63) is 28.8 Å². The third-order valence-electron chi connectivity index (χ3n) is 1.55. The molecule has 0 aliphatic rings. The fourth-order valence-corrected chi connectivity index (χ4v) is 0.890. The van der Waals surface area contributed by atoms with Gasteiger partial charge in [-0.05, 0) is 0 Å². The molecular weight excluding hydrogens is 232 g/mol. The van der Waals surface area contributed by atoms with E-state index in [1.165, 1.54) is 0 Å². The summed E-state index contributed by atoms with van der Waals surface area (Å²) in [6.07, 6.45) is 0. The predicted molar refractivity (Wildman–Crippen MR) is 47.3 cm³/mol. The number of aliphatic hydroxyl groups excluding tert-OH is 1. The van der Waals surface area contributed by atoms with E-state index in [0.717, 1.165) is 7.11 Å². The van der Waals surface area contributed by atoms with Gasteiger partial charge < -0.3 is 16.6 Å². The normalized spacial score (nSPS) is 9.38. The van der Waals surface area contributed by atoms with Crippen LogP contribution in [0, 0.1) is 23.3 Å². The summed E-state index contributed by atoms with van der Waals surface area (Å²) < 4.78 is 50.5. The number of primary amides is 1. The minimum absolute atomic E-state index is 1.00. The fraction of sp³-hybridized carbons (Fsp3) is 0.125. The Balaban J connectivity index is 0.00000106. The first-order chi connectivity index (χ1) is 7.37. The van der Waals surface area contributed by atoms with Crippen LogP contribution in [0.25, 0.3) is 0 Å². The molecule has 0 atom stereocenters. The van der Waals surface area contributed by atoms with Crippen LogP contribution < -0.4 is 11.5 Å². The van der Waals surface area contributed by atoms with E-state index in [-0.39, 0.29) is 0 Å². The van der Waals surface area contributed by atoms with Crippen molar-refractivity contribution in [2.24, 2.45) is 5.73 Å². The largest absolute Gasteiger partial charge is 0.400 e. The number of carbonyl (C=O) groups is 1. The maximum Gasteiger partial charge on any atom is 0.254 e. The minimum atomic E-state index is -2.12. The molecule has 1 rings (SSSR count). The monoisotopic (exact) mass is 240 g/mol. The number of carbonyl (C=O) groups excluding carboxylic acids is 1. The molecule has 5 N–H and O–H groups in total. The highest BCUT2D eigenvalue weighted by atomic mass is 19.2. The Hall–Kier alpha value is -1.83. The van der Waals surface area contributed by atoms with Crippen LogP contribution in [0.4, 0.5) is 23.2 Å². The van der Waals surface area contributed by atoms with Crippen molar-refractivity contribution in [3.8, 4) is 0 Å². The summed E-state index contributed by atoms with van der Waals surface area (Å²) in [4.78, 5) is 10.5. The molecule has 1 amide bonds. The molecule has 0 saturated heterocycles. The van der Waals surface area contributed by atoms with Crippen LogP contribution in [0.1, 0.15) is 10.4 Å². The molecule has 0 fully saturated rings. The first kappa shape index (κ1) is 14.2. The van der Waals surface area contributed by atoms with E-state index in [1.54, 1.807) is 0 Å². The Morgan fingerprint density at radius 3 is 1.75 bits per heavy atom. The molecule has 0 radical (unpaired) electrons. The van der Waals surface area contributed by atoms with E-state index in [9.17, 15) is 22.4 Å². The Bertz CT molecular complexity index is 394. The number of rotatable bonds is 1. The van der Waals surface area contributed by atoms with E-state index in [1.807, 2.05) is 0 Å². The number of nitrogens with two attached hydrogens (primary N) is 2. The van der Waals surface area contributed by atoms with Gasteiger partial charge in [-0.2, -0.15) is 0 Å². The number of aliphatic hydroxyl groups is 1. The van der Waals surface area contributed by atoms with Crippen LogP contribution >= 0.6 is 0 Å². The highest BCUT2D eigenvalue weighted by Gasteiger charge is 2.26. The maximum atomic E-state index is 12.8. The molecular formula is C8H8F4N2O2. The summed E-state index contributed by atoms with van der Waals surface area (Å²) >= 11 is 0. The average Bonchev–Trinajstić information content (AvgIpc) is 2.26. The van der Waals surface area contributed by atoms with E-state index in [0.29, 0.717) is 0 Å². The fourth-order valence-electron chi connectivity index (χ4n) is 0.890. The van der Waals surface area contributed by atoms with Crippen molar-refractivity contribution >= 4 is 11.6 Å². The van der Waals surface area contributed by atoms with Crippen LogP contribution in [-0.2, 0) is 0 Å². The smallest absolute Gasteiger partial charge is 0.254 e. The molecule has 0 aliphatic carbocycles. The van der Waals surface area contributed by atoms with Crippen molar-refractivity contribution in [1.82, 2.24) is 0 Å². The number of anilines is 1. The Kier molecular flexibility index (Phi) is 4.70. The molecule has 0 spiro atoms. The van der Waals surface area contributed by atoms with E-state index < -0.39 is 40.4 Å². The second-order valence-corrected chi connectivity index (χ2v) is 2.41. The van der Waals surface area contributed by atoms with Gasteiger partial charge in [0.1, 0.15) is 5.56 Å². The van der Waals surface area contributed by atoms with E-state index in [2.05, 4.69) is 5.73 Å². The van der Waals surface area contributed by atoms with E-state index in [4.69, 9.17) is 10.8 Å². The van der Waals surface area contributed by atoms with Gasteiger partial charge in [-0.25, -0.2) is 17.6 Å². The lowest BCUT2D eigenvalue weighted by atomic mass is 10.1. The van der Waals surface area contributed by atoms with Gasteiger partial charge in [0.15, 0.2) is 23.3 Å². The number of benzene rings is 1. The van der Waals surface area contributed by atoms with Gasteiger partial charge in [-0.15, -0.1) is 0 Å². The van der Waals surface area contributed by atoms with Crippen LogP contribution in [0.15, 0.2) is 0 Å².